The van der Waals surface area contributed by atoms with Crippen molar-refractivity contribution in [1.29, 1.82) is 0 Å². The van der Waals surface area contributed by atoms with Gasteiger partial charge in [-0.05, 0) is 41.6 Å². The van der Waals surface area contributed by atoms with Crippen LogP contribution in [0.15, 0.2) is 69.7 Å². The summed E-state index contributed by atoms with van der Waals surface area (Å²) in [5.41, 5.74) is 1.37. The van der Waals surface area contributed by atoms with Crippen molar-refractivity contribution in [2.24, 2.45) is 0 Å². The van der Waals surface area contributed by atoms with Crippen LogP contribution in [0.1, 0.15) is 10.4 Å². The van der Waals surface area contributed by atoms with E-state index in [-0.39, 0.29) is 24.8 Å². The van der Waals surface area contributed by atoms with Gasteiger partial charge in [-0.25, -0.2) is 4.79 Å². The molecule has 0 saturated carbocycles. The van der Waals surface area contributed by atoms with Crippen molar-refractivity contribution in [1.82, 2.24) is 14.1 Å². The molecule has 0 bridgehead atoms. The van der Waals surface area contributed by atoms with Crippen LogP contribution in [0.3, 0.4) is 0 Å². The molecule has 3 aliphatic heterocycles. The number of nitrogens with zero attached hydrogens (tertiary/aromatic N) is 4. The van der Waals surface area contributed by atoms with E-state index in [4.69, 9.17) is 0 Å². The average Bonchev–Trinajstić information content (AvgIpc) is 3.41. The predicted octanol–water partition coefficient (Wildman–Crippen LogP) is 2.21. The van der Waals surface area contributed by atoms with Crippen molar-refractivity contribution < 1.29 is 4.79 Å². The number of thiophene rings is 1. The van der Waals surface area contributed by atoms with E-state index in [0.717, 1.165) is 27.1 Å². The van der Waals surface area contributed by atoms with Crippen molar-refractivity contribution in [2.45, 2.75) is 19.5 Å². The Bertz CT molecular complexity index is 1320. The van der Waals surface area contributed by atoms with Crippen LogP contribution in [0.2, 0.25) is 0 Å². The van der Waals surface area contributed by atoms with E-state index < -0.39 is 11.2 Å². The smallest absolute Gasteiger partial charge is 0.323 e. The number of amides is 1. The van der Waals surface area contributed by atoms with Gasteiger partial charge in [0, 0.05) is 23.3 Å². The maximum atomic E-state index is 13.0. The van der Waals surface area contributed by atoms with Gasteiger partial charge in [0.2, 0.25) is 5.91 Å². The summed E-state index contributed by atoms with van der Waals surface area (Å²) in [6, 6.07) is 14.9. The minimum atomic E-state index is -0.611. The molecule has 30 heavy (non-hydrogen) atoms. The van der Waals surface area contributed by atoms with Gasteiger partial charge in [0.1, 0.15) is 6.54 Å². The summed E-state index contributed by atoms with van der Waals surface area (Å²) in [6.45, 7) is 0.820. The SMILES string of the molecule is O=C(Cn1cccc2c(=O)n(Cc3cccs3)c(=O)nc1-2)N1CCc2ccccc21. The molecule has 5 rings (SSSR count). The van der Waals surface area contributed by atoms with E-state index in [1.165, 1.54) is 11.3 Å². The van der Waals surface area contributed by atoms with Crippen molar-refractivity contribution in [3.8, 4) is 11.4 Å². The Labute approximate surface area is 175 Å². The second kappa shape index (κ2) is 7.38. The lowest BCUT2D eigenvalue weighted by molar-refractivity contribution is -0.119. The zero-order chi connectivity index (χ0) is 20.7. The molecule has 2 aromatic rings. The third-order valence-corrected chi connectivity index (χ3v) is 6.20. The molecular formula is C22H18N4O3S. The zero-order valence-electron chi connectivity index (χ0n) is 16.0. The second-order valence-electron chi connectivity index (χ2n) is 7.16. The third-order valence-electron chi connectivity index (χ3n) is 5.34. The number of carbonyl (C=O) groups excluding carboxylic acids is 1. The van der Waals surface area contributed by atoms with E-state index in [9.17, 15) is 14.4 Å². The van der Waals surface area contributed by atoms with Gasteiger partial charge in [0.25, 0.3) is 5.56 Å². The number of benzene rings is 1. The highest BCUT2D eigenvalue weighted by Gasteiger charge is 2.25. The summed E-state index contributed by atoms with van der Waals surface area (Å²) in [6.07, 6.45) is 2.50. The molecule has 0 unspecified atom stereocenters. The highest BCUT2D eigenvalue weighted by Crippen LogP contribution is 2.28. The van der Waals surface area contributed by atoms with Crippen LogP contribution in [0.5, 0.6) is 0 Å². The molecule has 8 heteroatoms. The largest absolute Gasteiger partial charge is 0.352 e. The standard InChI is InChI=1S/C22H18N4O3S/c27-19(25-11-9-15-5-1-2-8-18(15)25)14-24-10-3-7-17-20(24)23-22(29)26(21(17)28)13-16-6-4-12-30-16/h1-8,10,12H,9,11,13-14H2. The number of para-hydroxylation sites is 1. The molecule has 1 aromatic carbocycles. The number of carbonyl (C=O) groups is 1. The van der Waals surface area contributed by atoms with Crippen LogP contribution < -0.4 is 16.1 Å². The summed E-state index contributed by atoms with van der Waals surface area (Å²) >= 11 is 1.48. The first-order chi connectivity index (χ1) is 14.6. The lowest BCUT2D eigenvalue weighted by Gasteiger charge is -2.20. The lowest BCUT2D eigenvalue weighted by atomic mass is 10.2. The Kier molecular flexibility index (Phi) is 4.55. The quantitative estimate of drug-likeness (QED) is 0.509. The number of aromatic nitrogens is 3. The Morgan fingerprint density at radius 1 is 1.07 bits per heavy atom. The van der Waals surface area contributed by atoms with Gasteiger partial charge >= 0.3 is 5.69 Å². The molecule has 3 aliphatic rings. The molecule has 1 amide bonds. The second-order valence-corrected chi connectivity index (χ2v) is 8.19. The summed E-state index contributed by atoms with van der Waals surface area (Å²) in [7, 11) is 0. The Hall–Kier alpha value is -3.52. The first-order valence-electron chi connectivity index (χ1n) is 9.62. The highest BCUT2D eigenvalue weighted by atomic mass is 32.1. The van der Waals surface area contributed by atoms with Crippen LogP contribution in [0.4, 0.5) is 5.69 Å². The Morgan fingerprint density at radius 2 is 1.93 bits per heavy atom. The fraction of sp³-hybridized carbons (Fsp3) is 0.182. The summed E-state index contributed by atoms with van der Waals surface area (Å²) < 4.78 is 2.72. The van der Waals surface area contributed by atoms with Gasteiger partial charge in [0.15, 0.2) is 5.82 Å². The molecule has 150 valence electrons. The van der Waals surface area contributed by atoms with Crippen LogP contribution in [-0.4, -0.2) is 26.6 Å². The van der Waals surface area contributed by atoms with E-state index >= 15 is 0 Å². The van der Waals surface area contributed by atoms with Gasteiger partial charge < -0.3 is 9.47 Å². The minimum Gasteiger partial charge on any atom is -0.323 e. The topological polar surface area (TPSA) is 77.2 Å². The van der Waals surface area contributed by atoms with Crippen molar-refractivity contribution in [3.63, 3.8) is 0 Å². The first kappa shape index (κ1) is 18.5. The van der Waals surface area contributed by atoms with Crippen LogP contribution in [-0.2, 0) is 24.3 Å². The number of pyridine rings is 1. The molecule has 0 aliphatic carbocycles. The molecule has 0 N–H and O–H groups in total. The van der Waals surface area contributed by atoms with E-state index in [1.54, 1.807) is 27.8 Å². The number of fused-ring (bicyclic) bond motifs is 2. The molecule has 0 fully saturated rings. The lowest BCUT2D eigenvalue weighted by Crippen LogP contribution is -2.39. The molecule has 0 radical (unpaired) electrons. The van der Waals surface area contributed by atoms with Gasteiger partial charge in [-0.1, -0.05) is 24.3 Å². The summed E-state index contributed by atoms with van der Waals surface area (Å²) in [5, 5.41) is 1.90. The Balaban J connectivity index is 1.49. The number of hydrogen-bond donors (Lipinski definition) is 0. The maximum absolute atomic E-state index is 13.0. The van der Waals surface area contributed by atoms with E-state index in [2.05, 4.69) is 4.98 Å². The van der Waals surface area contributed by atoms with Gasteiger partial charge in [0.05, 0.1) is 12.1 Å². The van der Waals surface area contributed by atoms with Gasteiger partial charge in [-0.3, -0.25) is 14.2 Å². The molecule has 0 spiro atoms. The van der Waals surface area contributed by atoms with E-state index in [0.29, 0.717) is 12.1 Å². The Morgan fingerprint density at radius 3 is 2.77 bits per heavy atom. The van der Waals surface area contributed by atoms with Crippen molar-refractivity contribution in [3.05, 3.63) is 91.4 Å². The fourth-order valence-electron chi connectivity index (χ4n) is 3.87. The van der Waals surface area contributed by atoms with Crippen LogP contribution in [0, 0.1) is 0 Å². The van der Waals surface area contributed by atoms with E-state index in [1.807, 2.05) is 41.8 Å². The predicted molar refractivity (Wildman–Crippen MR) is 115 cm³/mol. The molecular weight excluding hydrogens is 400 g/mol. The van der Waals surface area contributed by atoms with Gasteiger partial charge in [-0.2, -0.15) is 4.98 Å². The third kappa shape index (κ3) is 3.15. The molecule has 4 heterocycles. The van der Waals surface area contributed by atoms with Crippen LogP contribution >= 0.6 is 11.3 Å². The number of anilines is 1. The average molecular weight is 418 g/mol. The summed E-state index contributed by atoms with van der Waals surface area (Å²) in [4.78, 5) is 45.3. The monoisotopic (exact) mass is 418 g/mol. The zero-order valence-corrected chi connectivity index (χ0v) is 16.8. The van der Waals surface area contributed by atoms with Crippen LogP contribution in [0.25, 0.3) is 11.4 Å². The summed E-state index contributed by atoms with van der Waals surface area (Å²) in [5.74, 6) is 0.130. The minimum absolute atomic E-state index is 0.00644. The normalized spacial score (nSPS) is 13.0. The molecule has 1 aromatic heterocycles. The van der Waals surface area contributed by atoms with Crippen molar-refractivity contribution in [2.75, 3.05) is 11.4 Å². The fourth-order valence-corrected chi connectivity index (χ4v) is 4.56. The molecule has 7 nitrogen and oxygen atoms in total. The highest BCUT2D eigenvalue weighted by molar-refractivity contribution is 7.09. The number of hydrogen-bond acceptors (Lipinski definition) is 5. The molecule has 0 saturated heterocycles. The molecule has 0 atom stereocenters. The van der Waals surface area contributed by atoms with Gasteiger partial charge in [-0.15, -0.1) is 11.3 Å². The number of rotatable bonds is 4. The maximum Gasteiger partial charge on any atom is 0.352 e. The first-order valence-corrected chi connectivity index (χ1v) is 10.5. The van der Waals surface area contributed by atoms with Crippen molar-refractivity contribution >= 4 is 22.9 Å².